The predicted octanol–water partition coefficient (Wildman–Crippen LogP) is 3.00. The van der Waals surface area contributed by atoms with Gasteiger partial charge in [-0.2, -0.15) is 27.0 Å². The molecule has 0 radical (unpaired) electrons. The van der Waals surface area contributed by atoms with Crippen molar-refractivity contribution in [3.63, 3.8) is 0 Å². The normalized spacial score (nSPS) is 19.0. The van der Waals surface area contributed by atoms with Crippen LogP contribution in [0.1, 0.15) is 50.8 Å². The third kappa shape index (κ3) is 7.60. The van der Waals surface area contributed by atoms with Crippen LogP contribution in [-0.2, 0) is 13.0 Å². The van der Waals surface area contributed by atoms with Crippen LogP contribution in [0.25, 0.3) is 0 Å². The molecular formula is C22H38N6OS. The summed E-state index contributed by atoms with van der Waals surface area (Å²) in [5, 5.41) is 16.5. The number of hydrogen-bond acceptors (Lipinski definition) is 8. The second-order valence-electron chi connectivity index (χ2n) is 8.00. The van der Waals surface area contributed by atoms with Crippen molar-refractivity contribution in [2.75, 3.05) is 51.0 Å². The molecule has 168 valence electrons. The van der Waals surface area contributed by atoms with Crippen molar-refractivity contribution in [3.05, 3.63) is 11.3 Å². The van der Waals surface area contributed by atoms with Gasteiger partial charge in [-0.3, -0.25) is 0 Å². The molecule has 0 aromatic carbocycles. The molecular weight excluding hydrogens is 396 g/mol. The first-order valence-electron chi connectivity index (χ1n) is 11.1. The van der Waals surface area contributed by atoms with Crippen molar-refractivity contribution in [1.82, 2.24) is 20.6 Å². The number of thioether (sulfide) groups is 1. The molecule has 2 atom stereocenters. The van der Waals surface area contributed by atoms with E-state index in [1.165, 1.54) is 31.5 Å². The highest BCUT2D eigenvalue weighted by atomic mass is 32.2. The quantitative estimate of drug-likeness (QED) is 0.646. The van der Waals surface area contributed by atoms with Gasteiger partial charge in [-0.05, 0) is 50.9 Å². The molecule has 0 amide bonds. The number of piperidine rings is 1. The Hall–Kier alpha value is -1.56. The zero-order chi connectivity index (χ0) is 21.8. The van der Waals surface area contributed by atoms with Gasteiger partial charge in [0, 0.05) is 43.4 Å². The molecule has 0 aliphatic carbocycles. The van der Waals surface area contributed by atoms with Crippen LogP contribution in [0.2, 0.25) is 0 Å². The molecule has 0 saturated carbocycles. The van der Waals surface area contributed by atoms with E-state index in [2.05, 4.69) is 51.7 Å². The van der Waals surface area contributed by atoms with Gasteiger partial charge in [-0.25, -0.2) is 0 Å². The fourth-order valence-electron chi connectivity index (χ4n) is 3.84. The van der Waals surface area contributed by atoms with Crippen molar-refractivity contribution >= 4 is 17.6 Å². The SMILES string of the molecule is CCCN(CC(C)CC#N)c1nc(OC)nc2c1CCNC2.CSC1CCCNC1. The third-order valence-corrected chi connectivity index (χ3v) is 6.50. The van der Waals surface area contributed by atoms with Crippen LogP contribution in [0.3, 0.4) is 0 Å². The zero-order valence-electron chi connectivity index (χ0n) is 19.0. The number of hydrogen-bond donors (Lipinski definition) is 2. The van der Waals surface area contributed by atoms with Gasteiger partial charge in [-0.1, -0.05) is 13.8 Å². The highest BCUT2D eigenvalue weighted by Gasteiger charge is 2.22. The van der Waals surface area contributed by atoms with Crippen molar-refractivity contribution in [1.29, 1.82) is 5.26 Å². The molecule has 7 nitrogen and oxygen atoms in total. The number of ether oxygens (including phenoxy) is 1. The fraction of sp³-hybridized carbons (Fsp3) is 0.773. The van der Waals surface area contributed by atoms with Gasteiger partial charge < -0.3 is 20.3 Å². The Morgan fingerprint density at radius 3 is 2.77 bits per heavy atom. The van der Waals surface area contributed by atoms with Crippen LogP contribution < -0.4 is 20.3 Å². The third-order valence-electron chi connectivity index (χ3n) is 5.43. The number of fused-ring (bicyclic) bond motifs is 1. The van der Waals surface area contributed by atoms with Gasteiger partial charge in [0.2, 0.25) is 0 Å². The number of methoxy groups -OCH3 is 1. The molecule has 1 saturated heterocycles. The molecule has 3 heterocycles. The monoisotopic (exact) mass is 434 g/mol. The molecule has 2 unspecified atom stereocenters. The second-order valence-corrected chi connectivity index (χ2v) is 9.14. The van der Waals surface area contributed by atoms with Gasteiger partial charge in [-0.15, -0.1) is 0 Å². The molecule has 2 aliphatic heterocycles. The van der Waals surface area contributed by atoms with Crippen molar-refractivity contribution in [3.8, 4) is 12.1 Å². The van der Waals surface area contributed by atoms with Crippen LogP contribution in [0.15, 0.2) is 0 Å². The Bertz CT molecular complexity index is 674. The Morgan fingerprint density at radius 1 is 1.33 bits per heavy atom. The van der Waals surface area contributed by atoms with Crippen LogP contribution in [0.4, 0.5) is 5.82 Å². The lowest BCUT2D eigenvalue weighted by atomic mass is 10.0. The summed E-state index contributed by atoms with van der Waals surface area (Å²) < 4.78 is 5.27. The fourth-order valence-corrected chi connectivity index (χ4v) is 4.53. The predicted molar refractivity (Wildman–Crippen MR) is 125 cm³/mol. The van der Waals surface area contributed by atoms with Gasteiger partial charge in [0.15, 0.2) is 0 Å². The number of rotatable bonds is 8. The van der Waals surface area contributed by atoms with Gasteiger partial charge in [0.25, 0.3) is 0 Å². The molecule has 2 aliphatic rings. The molecule has 8 heteroatoms. The van der Waals surface area contributed by atoms with Gasteiger partial charge >= 0.3 is 6.01 Å². The summed E-state index contributed by atoms with van der Waals surface area (Å²) in [7, 11) is 1.60. The van der Waals surface area contributed by atoms with Crippen molar-refractivity contribution < 1.29 is 4.74 Å². The summed E-state index contributed by atoms with van der Waals surface area (Å²) in [6, 6.07) is 2.68. The molecule has 0 bridgehead atoms. The second kappa shape index (κ2) is 13.7. The van der Waals surface area contributed by atoms with Gasteiger partial charge in [0.05, 0.1) is 18.9 Å². The van der Waals surface area contributed by atoms with Gasteiger partial charge in [0.1, 0.15) is 5.82 Å². The number of nitrogens with zero attached hydrogens (tertiary/aromatic N) is 4. The maximum Gasteiger partial charge on any atom is 0.318 e. The first kappa shape index (κ1) is 24.7. The number of nitriles is 1. The minimum Gasteiger partial charge on any atom is -0.467 e. The average Bonchev–Trinajstić information content (AvgIpc) is 2.79. The average molecular weight is 435 g/mol. The first-order valence-corrected chi connectivity index (χ1v) is 12.4. The molecule has 1 aromatic rings. The molecule has 3 rings (SSSR count). The summed E-state index contributed by atoms with van der Waals surface area (Å²) in [5.74, 6) is 1.30. The highest BCUT2D eigenvalue weighted by molar-refractivity contribution is 7.99. The van der Waals surface area contributed by atoms with Crippen LogP contribution in [0, 0.1) is 17.2 Å². The minimum atomic E-state index is 0.315. The Kier molecular flexibility index (Phi) is 11.3. The van der Waals surface area contributed by atoms with Crippen LogP contribution in [-0.4, -0.2) is 61.3 Å². The number of anilines is 1. The lowest BCUT2D eigenvalue weighted by Crippen LogP contribution is -2.34. The Labute approximate surface area is 186 Å². The highest BCUT2D eigenvalue weighted by Crippen LogP contribution is 2.27. The number of nitrogens with one attached hydrogen (secondary N) is 2. The summed E-state index contributed by atoms with van der Waals surface area (Å²) in [6.45, 7) is 10.2. The van der Waals surface area contributed by atoms with E-state index in [4.69, 9.17) is 10.00 Å². The van der Waals surface area contributed by atoms with E-state index in [0.29, 0.717) is 18.3 Å². The maximum absolute atomic E-state index is 8.90. The minimum absolute atomic E-state index is 0.315. The van der Waals surface area contributed by atoms with Crippen molar-refractivity contribution in [2.24, 2.45) is 5.92 Å². The molecule has 1 aromatic heterocycles. The van der Waals surface area contributed by atoms with Crippen molar-refractivity contribution in [2.45, 2.75) is 57.7 Å². The van der Waals surface area contributed by atoms with Crippen LogP contribution >= 0.6 is 11.8 Å². The summed E-state index contributed by atoms with van der Waals surface area (Å²) in [6.07, 6.45) is 7.50. The standard InChI is InChI=1S/C16H25N5O.C6H13NS/c1-4-9-21(11-12(2)5-7-17)15-13-6-8-18-10-14(13)19-16(20-15)22-3;1-8-6-3-2-4-7-5-6/h12,18H,4-6,8-11H2,1-3H3;6-7H,2-5H2,1H3. The van der Waals surface area contributed by atoms with E-state index >= 15 is 0 Å². The van der Waals surface area contributed by atoms with E-state index in [-0.39, 0.29) is 0 Å². The summed E-state index contributed by atoms with van der Waals surface area (Å²) in [5.41, 5.74) is 2.25. The summed E-state index contributed by atoms with van der Waals surface area (Å²) >= 11 is 1.98. The first-order chi connectivity index (χ1) is 14.6. The lowest BCUT2D eigenvalue weighted by Gasteiger charge is -2.30. The van der Waals surface area contributed by atoms with E-state index in [1.54, 1.807) is 7.11 Å². The largest absolute Gasteiger partial charge is 0.467 e. The van der Waals surface area contributed by atoms with E-state index in [9.17, 15) is 0 Å². The number of aromatic nitrogens is 2. The summed E-state index contributed by atoms with van der Waals surface area (Å²) in [4.78, 5) is 11.4. The zero-order valence-corrected chi connectivity index (χ0v) is 19.9. The Balaban J connectivity index is 0.000000335. The molecule has 0 spiro atoms. The van der Waals surface area contributed by atoms with E-state index in [0.717, 1.165) is 55.8 Å². The lowest BCUT2D eigenvalue weighted by molar-refractivity contribution is 0.375. The smallest absolute Gasteiger partial charge is 0.318 e. The Morgan fingerprint density at radius 2 is 2.17 bits per heavy atom. The molecule has 2 N–H and O–H groups in total. The molecule has 30 heavy (non-hydrogen) atoms. The van der Waals surface area contributed by atoms with Crippen LogP contribution in [0.5, 0.6) is 6.01 Å². The van der Waals surface area contributed by atoms with E-state index < -0.39 is 0 Å². The molecule has 1 fully saturated rings. The maximum atomic E-state index is 8.90. The van der Waals surface area contributed by atoms with E-state index in [1.807, 2.05) is 11.8 Å². The topological polar surface area (TPSA) is 86.1 Å².